The first-order valence-corrected chi connectivity index (χ1v) is 26.7. The Labute approximate surface area is 451 Å². The first kappa shape index (κ1) is 43.4. The zero-order valence-electron chi connectivity index (χ0n) is 42.4. The maximum Gasteiger partial charge on any atom is 0.214 e. The minimum atomic E-state index is 0.504. The van der Waals surface area contributed by atoms with Gasteiger partial charge in [0.25, 0.3) is 0 Å². The quantitative estimate of drug-likeness (QED) is 0.156. The summed E-state index contributed by atoms with van der Waals surface area (Å²) in [5, 5.41) is 10.6. The molecule has 0 aliphatic carbocycles. The molecule has 0 N–H and O–H groups in total. The summed E-state index contributed by atoms with van der Waals surface area (Å²) in [5.74, 6) is 0. The number of fused-ring (bicyclic) bond motifs is 17. The van der Waals surface area contributed by atoms with Gasteiger partial charge in [0.2, 0.25) is 5.69 Å². The number of benzene rings is 12. The van der Waals surface area contributed by atoms with Crippen molar-refractivity contribution in [1.82, 2.24) is 13.7 Å². The first-order chi connectivity index (χ1) is 39.2. The lowest BCUT2D eigenvalue weighted by Crippen LogP contribution is -2.09. The molecule has 12 aromatic carbocycles. The third-order valence-electron chi connectivity index (χ3n) is 16.4. The predicted molar refractivity (Wildman–Crippen MR) is 327 cm³/mol. The van der Waals surface area contributed by atoms with Crippen molar-refractivity contribution in [1.29, 1.82) is 0 Å². The lowest BCUT2D eigenvalue weighted by atomic mass is 9.97. The van der Waals surface area contributed by atoms with E-state index in [1.807, 2.05) is 0 Å². The first-order valence-electron chi connectivity index (χ1n) is 26.7. The Balaban J connectivity index is 1.04. The Morgan fingerprint density at radius 3 is 1.19 bits per heavy atom. The Bertz CT molecular complexity index is 5380. The van der Waals surface area contributed by atoms with Crippen LogP contribution in [0.5, 0.6) is 0 Å². The highest BCUT2D eigenvalue weighted by atomic mass is 16.3. The summed E-state index contributed by atoms with van der Waals surface area (Å²) < 4.78 is 21.2. The van der Waals surface area contributed by atoms with Gasteiger partial charge in [0.05, 0.1) is 61.8 Å². The molecule has 17 rings (SSSR count). The minimum Gasteiger partial charge on any atom is -0.455 e. The van der Waals surface area contributed by atoms with Crippen LogP contribution in [0.3, 0.4) is 0 Å². The van der Waals surface area contributed by atoms with E-state index in [0.717, 1.165) is 160 Å². The number of hydrogen-bond acceptors (Lipinski definition) is 2. The highest BCUT2D eigenvalue weighted by Gasteiger charge is 2.31. The van der Waals surface area contributed by atoms with Crippen LogP contribution in [0.4, 0.5) is 5.69 Å². The van der Waals surface area contributed by atoms with Gasteiger partial charge >= 0.3 is 0 Å². The fourth-order valence-electron chi connectivity index (χ4n) is 13.1. The van der Waals surface area contributed by atoms with Crippen molar-refractivity contribution in [3.8, 4) is 50.4 Å². The summed E-state index contributed by atoms with van der Waals surface area (Å²) in [6, 6.07) is 90.3. The third-order valence-corrected chi connectivity index (χ3v) is 16.4. The molecular formula is C73H42N4O2. The maximum absolute atomic E-state index is 9.44. The number of aromatic nitrogens is 3. The summed E-state index contributed by atoms with van der Waals surface area (Å²) >= 11 is 0. The molecule has 79 heavy (non-hydrogen) atoms. The van der Waals surface area contributed by atoms with Gasteiger partial charge in [0, 0.05) is 54.3 Å². The van der Waals surface area contributed by atoms with Gasteiger partial charge in [-0.1, -0.05) is 176 Å². The van der Waals surface area contributed by atoms with E-state index in [-0.39, 0.29) is 0 Å². The van der Waals surface area contributed by atoms with Crippen LogP contribution >= 0.6 is 0 Å². The van der Waals surface area contributed by atoms with Crippen molar-refractivity contribution in [2.45, 2.75) is 0 Å². The molecule has 6 heteroatoms. The number of furan rings is 2. The molecule has 0 saturated heterocycles. The number of rotatable bonds is 6. The summed E-state index contributed by atoms with van der Waals surface area (Å²) in [4.78, 5) is 4.63. The average Bonchev–Trinajstić information content (AvgIpc) is 4.27. The van der Waals surface area contributed by atoms with Crippen molar-refractivity contribution in [2.24, 2.45) is 0 Å². The van der Waals surface area contributed by atoms with Crippen LogP contribution in [0.15, 0.2) is 264 Å². The van der Waals surface area contributed by atoms with Crippen molar-refractivity contribution in [2.75, 3.05) is 0 Å². The van der Waals surface area contributed by atoms with Gasteiger partial charge in [-0.15, -0.1) is 0 Å². The zero-order valence-corrected chi connectivity index (χ0v) is 42.4. The van der Waals surface area contributed by atoms with Crippen LogP contribution in [0.25, 0.3) is 165 Å². The Hall–Kier alpha value is -10.9. The summed E-state index contributed by atoms with van der Waals surface area (Å²) in [5.41, 5.74) is 18.8. The lowest BCUT2D eigenvalue weighted by molar-refractivity contribution is 0.672. The van der Waals surface area contributed by atoms with E-state index >= 15 is 0 Å². The molecule has 0 fully saturated rings. The second-order valence-electron chi connectivity index (χ2n) is 20.6. The monoisotopic (exact) mass is 1010 g/mol. The molecule has 0 aliphatic rings. The molecule has 6 nitrogen and oxygen atoms in total. The molecule has 0 atom stereocenters. The normalized spacial score (nSPS) is 12.0. The topological polar surface area (TPSA) is 45.4 Å². The molecule has 0 aliphatic heterocycles. The summed E-state index contributed by atoms with van der Waals surface area (Å²) in [6.07, 6.45) is 0. The molecule has 366 valence electrons. The van der Waals surface area contributed by atoms with Gasteiger partial charge in [-0.2, -0.15) is 0 Å². The molecule has 0 bridgehead atoms. The van der Waals surface area contributed by atoms with Gasteiger partial charge in [0.15, 0.2) is 0 Å². The molecule has 0 saturated carbocycles. The van der Waals surface area contributed by atoms with E-state index in [1.54, 1.807) is 0 Å². The highest BCUT2D eigenvalue weighted by Crippen LogP contribution is 2.52. The molecular weight excluding hydrogens is 965 g/mol. The average molecular weight is 1010 g/mol. The van der Waals surface area contributed by atoms with E-state index in [4.69, 9.17) is 8.83 Å². The second kappa shape index (κ2) is 16.6. The molecule has 17 aromatic rings. The zero-order chi connectivity index (χ0) is 51.9. The fourth-order valence-corrected chi connectivity index (χ4v) is 13.1. The fraction of sp³-hybridized carbons (Fsp3) is 0. The van der Waals surface area contributed by atoms with Crippen LogP contribution in [0.1, 0.15) is 0 Å². The van der Waals surface area contributed by atoms with E-state index in [1.165, 1.54) is 0 Å². The van der Waals surface area contributed by atoms with Crippen molar-refractivity contribution >= 4 is 115 Å². The summed E-state index contributed by atoms with van der Waals surface area (Å²) in [7, 11) is 0. The van der Waals surface area contributed by atoms with Gasteiger partial charge in [-0.05, 0) is 107 Å². The second-order valence-corrected chi connectivity index (χ2v) is 20.6. The molecule has 0 spiro atoms. The van der Waals surface area contributed by atoms with Crippen LogP contribution in [0.2, 0.25) is 0 Å². The van der Waals surface area contributed by atoms with Gasteiger partial charge in [-0.3, -0.25) is 0 Å². The van der Waals surface area contributed by atoms with Crippen LogP contribution < -0.4 is 0 Å². The molecule has 0 radical (unpaired) electrons. The minimum absolute atomic E-state index is 0.504. The maximum atomic E-state index is 9.44. The standard InChI is InChI=1S/C73H42N4O2/c1-74-57-43-64(75-60-31-17-13-27-53(60)68-62(75)37-35-51-55-41-47(44-19-5-2-6-20-44)33-39-65(55)78-72(51)68)67(46-23-9-4-10-24-46)71(70(57)76-58-29-15-11-25-49(58)50-26-12-16-30-59(50)76)77-61-32-18-14-28-54(61)69-63(77)38-36-52-56-42-48(45-21-7-3-8-22-45)34-40-66(56)79-73(52)69/h2-43H. The van der Waals surface area contributed by atoms with E-state index in [9.17, 15) is 6.57 Å². The molecule has 5 aromatic heterocycles. The van der Waals surface area contributed by atoms with Crippen molar-refractivity contribution in [3.63, 3.8) is 0 Å². The highest BCUT2D eigenvalue weighted by molar-refractivity contribution is 6.26. The van der Waals surface area contributed by atoms with Gasteiger partial charge in [0.1, 0.15) is 22.3 Å². The SMILES string of the molecule is [C-]#[N+]c1cc(-n2c3ccccc3c3c4oc5ccc(-c6ccccc6)cc5c4ccc32)c(-c2ccccc2)c(-n2c3ccccc3c3c4oc5ccc(-c6ccccc6)cc5c4ccc32)c1-n1c2ccccc2c2ccccc21. The van der Waals surface area contributed by atoms with Crippen molar-refractivity contribution < 1.29 is 8.83 Å². The Morgan fingerprint density at radius 1 is 0.291 bits per heavy atom. The Morgan fingerprint density at radius 2 is 0.696 bits per heavy atom. The molecule has 0 amide bonds. The number of para-hydroxylation sites is 4. The third kappa shape index (κ3) is 6.15. The van der Waals surface area contributed by atoms with E-state index < -0.39 is 0 Å². The lowest BCUT2D eigenvalue weighted by Gasteiger charge is -2.26. The number of nitrogens with zero attached hydrogens (tertiary/aromatic N) is 4. The molecule has 5 heterocycles. The van der Waals surface area contributed by atoms with Crippen molar-refractivity contribution in [3.05, 3.63) is 266 Å². The predicted octanol–water partition coefficient (Wildman–Crippen LogP) is 20.3. The van der Waals surface area contributed by atoms with E-state index in [2.05, 4.69) is 273 Å². The largest absolute Gasteiger partial charge is 0.455 e. The van der Waals surface area contributed by atoms with Gasteiger partial charge < -0.3 is 22.5 Å². The molecule has 0 unspecified atom stereocenters. The van der Waals surface area contributed by atoms with Crippen LogP contribution in [-0.4, -0.2) is 13.7 Å². The smallest absolute Gasteiger partial charge is 0.214 e. The van der Waals surface area contributed by atoms with E-state index in [0.29, 0.717) is 5.69 Å². The van der Waals surface area contributed by atoms with Gasteiger partial charge in [-0.25, -0.2) is 4.85 Å². The van der Waals surface area contributed by atoms with Crippen LogP contribution in [-0.2, 0) is 0 Å². The van der Waals surface area contributed by atoms with Crippen LogP contribution in [0, 0.1) is 6.57 Å². The number of hydrogen-bond donors (Lipinski definition) is 0. The summed E-state index contributed by atoms with van der Waals surface area (Å²) in [6.45, 7) is 9.44. The Kier molecular flexibility index (Phi) is 9.10.